The van der Waals surface area contributed by atoms with Crippen LogP contribution in [0.1, 0.15) is 35.8 Å². The highest BCUT2D eigenvalue weighted by molar-refractivity contribution is 7.91. The highest BCUT2D eigenvalue weighted by atomic mass is 32.2. The van der Waals surface area contributed by atoms with Crippen LogP contribution in [0.5, 0.6) is 0 Å². The molecule has 0 aliphatic carbocycles. The molecule has 3 aliphatic heterocycles. The Kier molecular flexibility index (Phi) is 5.76. The van der Waals surface area contributed by atoms with Gasteiger partial charge in [-0.1, -0.05) is 6.07 Å². The molecule has 154 valence electrons. The molecule has 1 aromatic heterocycles. The van der Waals surface area contributed by atoms with Crippen molar-refractivity contribution in [1.29, 1.82) is 0 Å². The summed E-state index contributed by atoms with van der Waals surface area (Å²) in [5, 5.41) is 1.35. The molecule has 4 rings (SSSR count). The van der Waals surface area contributed by atoms with Crippen LogP contribution in [0, 0.1) is 5.92 Å². The first-order chi connectivity index (χ1) is 13.5. The molecule has 28 heavy (non-hydrogen) atoms. The highest BCUT2D eigenvalue weighted by Gasteiger charge is 2.41. The van der Waals surface area contributed by atoms with Crippen molar-refractivity contribution in [3.8, 4) is 0 Å². The normalized spacial score (nSPS) is 29.1. The van der Waals surface area contributed by atoms with Crippen molar-refractivity contribution in [2.45, 2.75) is 37.0 Å². The van der Waals surface area contributed by atoms with Crippen LogP contribution in [0.4, 0.5) is 0 Å². The Morgan fingerprint density at radius 1 is 1.18 bits per heavy atom. The SMILES string of the molecule is O=C([C@@H]1CC(=O)N(C2CCOCC2)C1)N1CC[C@H](c2cccs2)S(=O)(=O)CC1. The van der Waals surface area contributed by atoms with E-state index >= 15 is 0 Å². The molecule has 4 heterocycles. The molecule has 9 heteroatoms. The molecular formula is C19H26N2O5S2. The Labute approximate surface area is 169 Å². The van der Waals surface area contributed by atoms with Gasteiger partial charge in [0.05, 0.1) is 16.9 Å². The van der Waals surface area contributed by atoms with Crippen molar-refractivity contribution in [3.63, 3.8) is 0 Å². The third kappa shape index (κ3) is 3.97. The van der Waals surface area contributed by atoms with Crippen molar-refractivity contribution >= 4 is 33.0 Å². The lowest BCUT2D eigenvalue weighted by Gasteiger charge is -2.31. The zero-order valence-electron chi connectivity index (χ0n) is 15.8. The number of hydrogen-bond donors (Lipinski definition) is 0. The van der Waals surface area contributed by atoms with Crippen molar-refractivity contribution in [2.24, 2.45) is 5.92 Å². The monoisotopic (exact) mass is 426 g/mol. The van der Waals surface area contributed by atoms with Crippen molar-refractivity contribution in [1.82, 2.24) is 9.80 Å². The number of rotatable bonds is 3. The number of hydrogen-bond acceptors (Lipinski definition) is 6. The van der Waals surface area contributed by atoms with Gasteiger partial charge in [-0.25, -0.2) is 8.42 Å². The van der Waals surface area contributed by atoms with E-state index in [1.54, 1.807) is 4.90 Å². The van der Waals surface area contributed by atoms with Gasteiger partial charge in [-0.05, 0) is 30.7 Å². The summed E-state index contributed by atoms with van der Waals surface area (Å²) in [7, 11) is -3.29. The number of sulfone groups is 1. The summed E-state index contributed by atoms with van der Waals surface area (Å²) in [6.45, 7) is 2.38. The smallest absolute Gasteiger partial charge is 0.228 e. The van der Waals surface area contributed by atoms with Gasteiger partial charge in [-0.15, -0.1) is 11.3 Å². The van der Waals surface area contributed by atoms with E-state index in [2.05, 4.69) is 0 Å². The predicted molar refractivity (Wildman–Crippen MR) is 106 cm³/mol. The fourth-order valence-electron chi connectivity index (χ4n) is 4.46. The lowest BCUT2D eigenvalue weighted by molar-refractivity contribution is -0.135. The Morgan fingerprint density at radius 3 is 2.68 bits per heavy atom. The van der Waals surface area contributed by atoms with E-state index < -0.39 is 15.1 Å². The summed E-state index contributed by atoms with van der Waals surface area (Å²) < 4.78 is 30.8. The number of thiophene rings is 1. The Morgan fingerprint density at radius 2 is 1.96 bits per heavy atom. The number of likely N-dealkylation sites (tertiary alicyclic amines) is 1. The molecule has 3 saturated heterocycles. The highest BCUT2D eigenvalue weighted by Crippen LogP contribution is 2.33. The van der Waals surface area contributed by atoms with E-state index in [4.69, 9.17) is 4.74 Å². The second-order valence-corrected chi connectivity index (χ2v) is 11.1. The fraction of sp³-hybridized carbons (Fsp3) is 0.684. The van der Waals surface area contributed by atoms with E-state index in [1.807, 2.05) is 22.4 Å². The lowest BCUT2D eigenvalue weighted by Crippen LogP contribution is -2.42. The Hall–Kier alpha value is -1.45. The minimum absolute atomic E-state index is 0.0222. The molecular weight excluding hydrogens is 400 g/mol. The molecule has 0 aromatic carbocycles. The van der Waals surface area contributed by atoms with Crippen LogP contribution >= 0.6 is 11.3 Å². The van der Waals surface area contributed by atoms with Crippen LogP contribution in [-0.2, 0) is 24.2 Å². The average Bonchev–Trinajstić information content (AvgIpc) is 3.31. The maximum atomic E-state index is 13.1. The number of nitrogens with zero attached hydrogens (tertiary/aromatic N) is 2. The van der Waals surface area contributed by atoms with E-state index in [0.717, 1.165) is 17.7 Å². The van der Waals surface area contributed by atoms with Gasteiger partial charge >= 0.3 is 0 Å². The summed E-state index contributed by atoms with van der Waals surface area (Å²) in [6.07, 6.45) is 2.28. The minimum atomic E-state index is -3.29. The molecule has 3 aliphatic rings. The molecule has 3 fully saturated rings. The molecule has 0 N–H and O–H groups in total. The molecule has 0 spiro atoms. The van der Waals surface area contributed by atoms with Gasteiger partial charge in [0.25, 0.3) is 0 Å². The van der Waals surface area contributed by atoms with Crippen LogP contribution in [-0.4, -0.2) is 74.7 Å². The fourth-order valence-corrected chi connectivity index (χ4v) is 7.47. The van der Waals surface area contributed by atoms with Crippen LogP contribution in [0.2, 0.25) is 0 Å². The summed E-state index contributed by atoms with van der Waals surface area (Å²) in [5.41, 5.74) is 0. The van der Waals surface area contributed by atoms with Crippen molar-refractivity contribution < 1.29 is 22.7 Å². The maximum Gasteiger partial charge on any atom is 0.228 e. The van der Waals surface area contributed by atoms with Gasteiger partial charge in [0, 0.05) is 50.2 Å². The molecule has 0 saturated carbocycles. The molecule has 0 radical (unpaired) electrons. The summed E-state index contributed by atoms with van der Waals surface area (Å²) in [4.78, 5) is 29.9. The Balaban J connectivity index is 1.42. The second-order valence-electron chi connectivity index (χ2n) is 7.78. The second kappa shape index (κ2) is 8.12. The lowest BCUT2D eigenvalue weighted by atomic mass is 10.1. The van der Waals surface area contributed by atoms with E-state index in [1.165, 1.54) is 11.3 Å². The molecule has 1 aromatic rings. The molecule has 2 atom stereocenters. The summed E-state index contributed by atoms with van der Waals surface area (Å²) in [5.74, 6) is -0.434. The topological polar surface area (TPSA) is 84.0 Å². The third-order valence-electron chi connectivity index (χ3n) is 6.05. The van der Waals surface area contributed by atoms with E-state index in [-0.39, 0.29) is 42.5 Å². The molecule has 7 nitrogen and oxygen atoms in total. The van der Waals surface area contributed by atoms with Crippen LogP contribution in [0.3, 0.4) is 0 Å². The van der Waals surface area contributed by atoms with Crippen molar-refractivity contribution in [3.05, 3.63) is 22.4 Å². The number of ether oxygens (including phenoxy) is 1. The van der Waals surface area contributed by atoms with Crippen LogP contribution in [0.15, 0.2) is 17.5 Å². The van der Waals surface area contributed by atoms with Gasteiger partial charge < -0.3 is 14.5 Å². The summed E-state index contributed by atoms with van der Waals surface area (Å²) >= 11 is 1.45. The quantitative estimate of drug-likeness (QED) is 0.731. The average molecular weight is 427 g/mol. The predicted octanol–water partition coefficient (Wildman–Crippen LogP) is 1.46. The Bertz CT molecular complexity index is 817. The largest absolute Gasteiger partial charge is 0.381 e. The molecule has 0 unspecified atom stereocenters. The van der Waals surface area contributed by atoms with Crippen LogP contribution < -0.4 is 0 Å². The van der Waals surface area contributed by atoms with Gasteiger partial charge in [0.15, 0.2) is 9.84 Å². The van der Waals surface area contributed by atoms with Crippen molar-refractivity contribution in [2.75, 3.05) is 38.6 Å². The number of amides is 2. The first-order valence-corrected chi connectivity index (χ1v) is 12.5. The third-order valence-corrected chi connectivity index (χ3v) is 9.30. The zero-order valence-corrected chi connectivity index (χ0v) is 17.4. The van der Waals surface area contributed by atoms with E-state index in [0.29, 0.717) is 32.7 Å². The number of carbonyl (C=O) groups excluding carboxylic acids is 2. The van der Waals surface area contributed by atoms with Gasteiger partial charge in [-0.2, -0.15) is 0 Å². The van der Waals surface area contributed by atoms with Gasteiger partial charge in [-0.3, -0.25) is 9.59 Å². The van der Waals surface area contributed by atoms with Gasteiger partial charge in [0.1, 0.15) is 0 Å². The first-order valence-electron chi connectivity index (χ1n) is 9.86. The standard InChI is InChI=1S/C19H26N2O5S2/c22-18-12-14(13-21(18)15-4-8-26-9-5-15)19(23)20-6-3-17(16-2-1-10-27-16)28(24,25)11-7-20/h1-2,10,14-15,17H,3-9,11-13H2/t14-,17-/m1/s1. The maximum absolute atomic E-state index is 13.1. The van der Waals surface area contributed by atoms with E-state index in [9.17, 15) is 18.0 Å². The zero-order chi connectivity index (χ0) is 19.7. The molecule has 0 bridgehead atoms. The number of carbonyl (C=O) groups is 2. The first kappa shape index (κ1) is 19.8. The minimum Gasteiger partial charge on any atom is -0.381 e. The molecule has 2 amide bonds. The van der Waals surface area contributed by atoms with Gasteiger partial charge in [0.2, 0.25) is 11.8 Å². The van der Waals surface area contributed by atoms with Crippen LogP contribution in [0.25, 0.3) is 0 Å². The summed E-state index contributed by atoms with van der Waals surface area (Å²) in [6, 6.07) is 3.87.